The van der Waals surface area contributed by atoms with Crippen molar-refractivity contribution in [2.75, 3.05) is 13.1 Å². The van der Waals surface area contributed by atoms with Crippen molar-refractivity contribution in [2.45, 2.75) is 64.7 Å². The molecule has 0 aromatic rings. The Bertz CT molecular complexity index is 303. The number of nitrogens with one attached hydrogen (secondary N) is 1. The van der Waals surface area contributed by atoms with Gasteiger partial charge in [0.15, 0.2) is 0 Å². The maximum atomic E-state index is 3.55. The van der Waals surface area contributed by atoms with E-state index >= 15 is 0 Å². The quantitative estimate of drug-likeness (QED) is 0.798. The van der Waals surface area contributed by atoms with Gasteiger partial charge in [0.1, 0.15) is 0 Å². The van der Waals surface area contributed by atoms with E-state index in [-0.39, 0.29) is 0 Å². The van der Waals surface area contributed by atoms with Gasteiger partial charge in [-0.15, -0.1) is 0 Å². The molecule has 1 nitrogen and oxygen atoms in total. The van der Waals surface area contributed by atoms with Crippen molar-refractivity contribution >= 4 is 0 Å². The van der Waals surface area contributed by atoms with Crippen LogP contribution < -0.4 is 5.32 Å². The zero-order valence-corrected chi connectivity index (χ0v) is 13.3. The van der Waals surface area contributed by atoms with Gasteiger partial charge < -0.3 is 5.32 Å². The van der Waals surface area contributed by atoms with Gasteiger partial charge in [0.25, 0.3) is 0 Å². The highest BCUT2D eigenvalue weighted by molar-refractivity contribution is 4.98. The summed E-state index contributed by atoms with van der Waals surface area (Å²) in [7, 11) is 0. The Kier molecular flexibility index (Phi) is 3.83. The molecule has 1 unspecified atom stereocenters. The summed E-state index contributed by atoms with van der Waals surface area (Å²) in [6, 6.07) is 0. The van der Waals surface area contributed by atoms with E-state index in [4.69, 9.17) is 0 Å². The summed E-state index contributed by atoms with van der Waals surface area (Å²) >= 11 is 0. The van der Waals surface area contributed by atoms with E-state index in [0.717, 1.165) is 41.4 Å². The number of rotatable bonds is 4. The zero-order chi connectivity index (χ0) is 13.5. The van der Waals surface area contributed by atoms with Gasteiger partial charge in [0.2, 0.25) is 0 Å². The third-order valence-corrected chi connectivity index (χ3v) is 7.57. The van der Waals surface area contributed by atoms with Crippen molar-refractivity contribution in [1.82, 2.24) is 5.32 Å². The minimum absolute atomic E-state index is 1.04. The first kappa shape index (κ1) is 13.6. The smallest absolute Gasteiger partial charge is 0.00462 e. The Morgan fingerprint density at radius 1 is 0.900 bits per heavy atom. The van der Waals surface area contributed by atoms with Gasteiger partial charge in [0.05, 0.1) is 0 Å². The summed E-state index contributed by atoms with van der Waals surface area (Å²) in [5.41, 5.74) is 0. The fourth-order valence-corrected chi connectivity index (χ4v) is 6.78. The Balaban J connectivity index is 1.42. The fraction of sp³-hybridized carbons (Fsp3) is 1.00. The standard InChI is InChI=1S/C19H33N/c1-2-15(16-3-5-20-6-4-16)12-19-17-8-13-7-14(10-17)11-18(19)9-13/h13-20H,2-12H2,1H3. The molecule has 0 radical (unpaired) electrons. The lowest BCUT2D eigenvalue weighted by Gasteiger charge is -2.55. The van der Waals surface area contributed by atoms with Gasteiger partial charge in [-0.05, 0) is 106 Å². The first-order valence-corrected chi connectivity index (χ1v) is 9.54. The molecule has 114 valence electrons. The molecule has 1 N–H and O–H groups in total. The van der Waals surface area contributed by atoms with Gasteiger partial charge in [-0.25, -0.2) is 0 Å². The maximum absolute atomic E-state index is 3.55. The van der Waals surface area contributed by atoms with Crippen LogP contribution in [0.15, 0.2) is 0 Å². The van der Waals surface area contributed by atoms with E-state index < -0.39 is 0 Å². The van der Waals surface area contributed by atoms with Crippen molar-refractivity contribution < 1.29 is 0 Å². The minimum atomic E-state index is 1.04. The third kappa shape index (κ3) is 2.45. The van der Waals surface area contributed by atoms with Gasteiger partial charge in [-0.2, -0.15) is 0 Å². The first-order valence-electron chi connectivity index (χ1n) is 9.54. The van der Waals surface area contributed by atoms with E-state index in [9.17, 15) is 0 Å². The lowest BCUT2D eigenvalue weighted by Crippen LogP contribution is -2.46. The number of hydrogen-bond donors (Lipinski definition) is 1. The van der Waals surface area contributed by atoms with Gasteiger partial charge in [0, 0.05) is 0 Å². The lowest BCUT2D eigenvalue weighted by molar-refractivity contribution is -0.0499. The number of hydrogen-bond acceptors (Lipinski definition) is 1. The van der Waals surface area contributed by atoms with Crippen LogP contribution in [-0.2, 0) is 0 Å². The monoisotopic (exact) mass is 275 g/mol. The molecule has 5 fully saturated rings. The zero-order valence-electron chi connectivity index (χ0n) is 13.3. The van der Waals surface area contributed by atoms with Crippen LogP contribution >= 0.6 is 0 Å². The molecule has 1 aliphatic heterocycles. The predicted octanol–water partition coefficient (Wildman–Crippen LogP) is 4.47. The molecule has 0 aromatic carbocycles. The average Bonchev–Trinajstić information content (AvgIpc) is 2.47. The highest BCUT2D eigenvalue weighted by Crippen LogP contribution is 2.58. The molecular weight excluding hydrogens is 242 g/mol. The van der Waals surface area contributed by atoms with Crippen molar-refractivity contribution in [2.24, 2.45) is 41.4 Å². The summed E-state index contributed by atoms with van der Waals surface area (Å²) < 4.78 is 0. The molecule has 5 aliphatic rings. The topological polar surface area (TPSA) is 12.0 Å². The molecular formula is C19H33N. The molecule has 1 atom stereocenters. The molecule has 4 bridgehead atoms. The van der Waals surface area contributed by atoms with Crippen LogP contribution in [0.2, 0.25) is 0 Å². The Morgan fingerprint density at radius 3 is 2.05 bits per heavy atom. The van der Waals surface area contributed by atoms with Crippen LogP contribution in [0.25, 0.3) is 0 Å². The van der Waals surface area contributed by atoms with E-state index in [2.05, 4.69) is 12.2 Å². The molecule has 0 aromatic heterocycles. The summed E-state index contributed by atoms with van der Waals surface area (Å²) in [6.07, 6.45) is 14.0. The fourth-order valence-electron chi connectivity index (χ4n) is 6.78. The van der Waals surface area contributed by atoms with Crippen LogP contribution in [0.5, 0.6) is 0 Å². The third-order valence-electron chi connectivity index (χ3n) is 7.57. The summed E-state index contributed by atoms with van der Waals surface area (Å²) in [5, 5.41) is 3.55. The van der Waals surface area contributed by atoms with Gasteiger partial charge in [-0.1, -0.05) is 13.3 Å². The van der Waals surface area contributed by atoms with E-state index in [1.165, 1.54) is 32.4 Å². The van der Waals surface area contributed by atoms with Crippen molar-refractivity contribution in [3.05, 3.63) is 0 Å². The lowest BCUT2D eigenvalue weighted by atomic mass is 9.50. The predicted molar refractivity (Wildman–Crippen MR) is 84.5 cm³/mol. The minimum Gasteiger partial charge on any atom is -0.317 e. The van der Waals surface area contributed by atoms with Crippen LogP contribution in [-0.4, -0.2) is 13.1 Å². The largest absolute Gasteiger partial charge is 0.317 e. The first-order chi connectivity index (χ1) is 9.83. The Morgan fingerprint density at radius 2 is 1.50 bits per heavy atom. The van der Waals surface area contributed by atoms with Gasteiger partial charge in [-0.3, -0.25) is 0 Å². The summed E-state index contributed by atoms with van der Waals surface area (Å²) in [6.45, 7) is 5.02. The van der Waals surface area contributed by atoms with Gasteiger partial charge >= 0.3 is 0 Å². The summed E-state index contributed by atoms with van der Waals surface area (Å²) in [5.74, 6) is 7.78. The molecule has 1 saturated heterocycles. The molecule has 1 heteroatoms. The highest BCUT2D eigenvalue weighted by Gasteiger charge is 2.48. The molecule has 0 spiro atoms. The Labute approximate surface area is 125 Å². The molecule has 1 heterocycles. The van der Waals surface area contributed by atoms with Crippen molar-refractivity contribution in [3.8, 4) is 0 Å². The van der Waals surface area contributed by atoms with E-state index in [1.54, 1.807) is 38.5 Å². The van der Waals surface area contributed by atoms with Crippen LogP contribution in [0.1, 0.15) is 64.7 Å². The summed E-state index contributed by atoms with van der Waals surface area (Å²) in [4.78, 5) is 0. The second-order valence-corrected chi connectivity index (χ2v) is 8.59. The van der Waals surface area contributed by atoms with Crippen molar-refractivity contribution in [1.29, 1.82) is 0 Å². The average molecular weight is 275 g/mol. The van der Waals surface area contributed by atoms with Crippen LogP contribution in [0.3, 0.4) is 0 Å². The Hall–Kier alpha value is -0.0400. The highest BCUT2D eigenvalue weighted by atomic mass is 14.9. The second kappa shape index (κ2) is 5.63. The SMILES string of the molecule is CCC(CC1C2CC3CC(C2)CC1C3)C1CCNCC1. The maximum Gasteiger partial charge on any atom is -0.00462 e. The van der Waals surface area contributed by atoms with Crippen LogP contribution in [0.4, 0.5) is 0 Å². The second-order valence-electron chi connectivity index (χ2n) is 8.59. The van der Waals surface area contributed by atoms with E-state index in [0.29, 0.717) is 0 Å². The van der Waals surface area contributed by atoms with Crippen molar-refractivity contribution in [3.63, 3.8) is 0 Å². The normalized spacial score (nSPS) is 45.8. The molecule has 4 saturated carbocycles. The number of piperidine rings is 1. The molecule has 20 heavy (non-hydrogen) atoms. The van der Waals surface area contributed by atoms with E-state index in [1.807, 2.05) is 0 Å². The molecule has 0 amide bonds. The molecule has 4 aliphatic carbocycles. The molecule has 5 rings (SSSR count). The van der Waals surface area contributed by atoms with Crippen LogP contribution in [0, 0.1) is 41.4 Å².